The lowest BCUT2D eigenvalue weighted by Gasteiger charge is -2.42. The molecule has 0 aliphatic heterocycles. The summed E-state index contributed by atoms with van der Waals surface area (Å²) in [6.45, 7) is 2.72. The molecule has 4 atom stereocenters. The number of carbonyl (C=O) groups is 1. The Balaban J connectivity index is 1.59. The molecule has 2 aliphatic carbocycles. The highest BCUT2D eigenvalue weighted by atomic mass is 16.5. The van der Waals surface area contributed by atoms with Gasteiger partial charge in [0.2, 0.25) is 0 Å². The Kier molecular flexibility index (Phi) is 7.54. The summed E-state index contributed by atoms with van der Waals surface area (Å²) in [5.74, 6) is -0.481. The third-order valence-electron chi connectivity index (χ3n) is 6.84. The van der Waals surface area contributed by atoms with E-state index in [1.54, 1.807) is 60.7 Å². The van der Waals surface area contributed by atoms with Gasteiger partial charge in [-0.15, -0.1) is 0 Å². The summed E-state index contributed by atoms with van der Waals surface area (Å²) in [6.07, 6.45) is 14.7. The van der Waals surface area contributed by atoms with Crippen LogP contribution >= 0.6 is 0 Å². The molecule has 0 amide bonds. The Morgan fingerprint density at radius 3 is 1.47 bits per heavy atom. The van der Waals surface area contributed by atoms with Gasteiger partial charge < -0.3 is 29.9 Å². The van der Waals surface area contributed by atoms with Gasteiger partial charge in [-0.05, 0) is 50.3 Å². The molecule has 0 aromatic heterocycles. The average Bonchev–Trinajstić information content (AvgIpc) is 2.87. The van der Waals surface area contributed by atoms with Crippen molar-refractivity contribution in [3.05, 3.63) is 97.1 Å². The number of hydrogen-bond acceptors (Lipinski definition) is 7. The number of phenols is 2. The van der Waals surface area contributed by atoms with Gasteiger partial charge in [-0.3, -0.25) is 4.79 Å². The van der Waals surface area contributed by atoms with Crippen LogP contribution in [0.15, 0.2) is 97.1 Å². The first kappa shape index (κ1) is 27.2. The van der Waals surface area contributed by atoms with Gasteiger partial charge in [-0.25, -0.2) is 0 Å². The topological polar surface area (TPSA) is 116 Å². The first-order valence-electron chi connectivity index (χ1n) is 12.6. The van der Waals surface area contributed by atoms with Crippen LogP contribution in [0.5, 0.6) is 23.0 Å². The molecule has 7 heteroatoms. The molecule has 0 fully saturated rings. The number of ketones is 1. The van der Waals surface area contributed by atoms with Crippen molar-refractivity contribution in [1.29, 1.82) is 0 Å². The Labute approximate surface area is 222 Å². The van der Waals surface area contributed by atoms with Crippen LogP contribution in [0.4, 0.5) is 0 Å². The van der Waals surface area contributed by atoms with Gasteiger partial charge in [0, 0.05) is 25.7 Å². The van der Waals surface area contributed by atoms with Crippen LogP contribution in [0.1, 0.15) is 39.5 Å². The van der Waals surface area contributed by atoms with E-state index in [1.165, 1.54) is 26.0 Å². The smallest absolute Gasteiger partial charge is 0.195 e. The number of para-hydroxylation sites is 4. The number of ether oxygens (including phenoxy) is 2. The maximum Gasteiger partial charge on any atom is 0.195 e. The predicted octanol–water partition coefficient (Wildman–Crippen LogP) is 4.92. The molecule has 200 valence electrons. The lowest BCUT2D eigenvalue weighted by molar-refractivity contribution is -0.162. The predicted molar refractivity (Wildman–Crippen MR) is 144 cm³/mol. The van der Waals surface area contributed by atoms with E-state index in [0.29, 0.717) is 12.8 Å². The summed E-state index contributed by atoms with van der Waals surface area (Å²) >= 11 is 0. The third-order valence-corrected chi connectivity index (χ3v) is 6.84. The van der Waals surface area contributed by atoms with E-state index in [-0.39, 0.29) is 35.8 Å². The standard InChI is InChI=1S/C31H34O7/c1-28(35,21-30(17-9-3-10-18-30)37-25-15-7-5-13-23(25)32)27(34)29(2,36)22-31(19-11-4-12-20-31)38-26-16-8-6-14-24(26)33/h3-17,19,32-33,35-36H,18,20-22H2,1-2H3. The Hall–Kier alpha value is -3.81. The molecule has 7 nitrogen and oxygen atoms in total. The molecule has 0 bridgehead atoms. The van der Waals surface area contributed by atoms with E-state index in [1.807, 2.05) is 24.3 Å². The molecule has 0 heterocycles. The SMILES string of the molecule is CC(O)(CC1(Oc2ccccc2O)C=CC=CC1)C(=O)C(C)(O)CC1(Oc2ccccc2O)C=CC=CC1. The van der Waals surface area contributed by atoms with Crippen LogP contribution < -0.4 is 9.47 Å². The van der Waals surface area contributed by atoms with Crippen LogP contribution in [0.25, 0.3) is 0 Å². The minimum absolute atomic E-state index is 0.0619. The Bertz CT molecular complexity index is 1190. The number of allylic oxidation sites excluding steroid dienone is 4. The first-order valence-corrected chi connectivity index (χ1v) is 12.6. The second kappa shape index (κ2) is 10.5. The van der Waals surface area contributed by atoms with Crippen molar-refractivity contribution in [3.63, 3.8) is 0 Å². The van der Waals surface area contributed by atoms with Gasteiger partial charge in [-0.1, -0.05) is 60.7 Å². The van der Waals surface area contributed by atoms with E-state index in [0.717, 1.165) is 0 Å². The molecule has 2 aromatic carbocycles. The minimum Gasteiger partial charge on any atom is -0.504 e. The van der Waals surface area contributed by atoms with Crippen molar-refractivity contribution in [3.8, 4) is 23.0 Å². The molecular weight excluding hydrogens is 484 g/mol. The number of Topliss-reactive ketones (excluding diaryl/α,β-unsaturated/α-hetero) is 1. The quantitative estimate of drug-likeness (QED) is 0.353. The minimum atomic E-state index is -2.01. The molecule has 4 N–H and O–H groups in total. The monoisotopic (exact) mass is 518 g/mol. The van der Waals surface area contributed by atoms with Crippen molar-refractivity contribution in [2.45, 2.75) is 61.9 Å². The maximum atomic E-state index is 13.8. The van der Waals surface area contributed by atoms with E-state index in [2.05, 4.69) is 0 Å². The number of rotatable bonds is 10. The third kappa shape index (κ3) is 6.01. The zero-order valence-corrected chi connectivity index (χ0v) is 21.6. The fraction of sp³-hybridized carbons (Fsp3) is 0.323. The number of benzene rings is 2. The molecule has 0 saturated carbocycles. The molecule has 0 spiro atoms. The van der Waals surface area contributed by atoms with E-state index in [9.17, 15) is 25.2 Å². The molecule has 0 saturated heterocycles. The van der Waals surface area contributed by atoms with E-state index < -0.39 is 28.2 Å². The highest BCUT2D eigenvalue weighted by molar-refractivity contribution is 5.94. The van der Waals surface area contributed by atoms with Crippen molar-refractivity contribution in [2.75, 3.05) is 0 Å². The summed E-state index contributed by atoms with van der Waals surface area (Å²) in [5.41, 5.74) is -6.29. The summed E-state index contributed by atoms with van der Waals surface area (Å²) in [5, 5.41) is 43.5. The van der Waals surface area contributed by atoms with Gasteiger partial charge in [0.05, 0.1) is 0 Å². The fourth-order valence-electron chi connectivity index (χ4n) is 5.21. The fourth-order valence-corrected chi connectivity index (χ4v) is 5.21. The average molecular weight is 519 g/mol. The largest absolute Gasteiger partial charge is 0.504 e. The molecule has 38 heavy (non-hydrogen) atoms. The molecule has 2 aromatic rings. The Morgan fingerprint density at radius 1 is 0.737 bits per heavy atom. The number of aromatic hydroxyl groups is 2. The number of aliphatic hydroxyl groups is 2. The summed E-state index contributed by atoms with van der Waals surface area (Å²) < 4.78 is 12.4. The van der Waals surface area contributed by atoms with Gasteiger partial charge in [0.25, 0.3) is 0 Å². The van der Waals surface area contributed by atoms with Crippen LogP contribution in [0, 0.1) is 0 Å². The summed E-state index contributed by atoms with van der Waals surface area (Å²) in [4.78, 5) is 13.8. The van der Waals surface area contributed by atoms with Crippen LogP contribution in [0.2, 0.25) is 0 Å². The normalized spacial score (nSPS) is 25.4. The van der Waals surface area contributed by atoms with Crippen molar-refractivity contribution in [2.24, 2.45) is 0 Å². The zero-order chi connectivity index (χ0) is 27.4. The molecule has 4 unspecified atom stereocenters. The van der Waals surface area contributed by atoms with Gasteiger partial charge in [0.1, 0.15) is 22.4 Å². The summed E-state index contributed by atoms with van der Waals surface area (Å²) in [6, 6.07) is 13.0. The lowest BCUT2D eigenvalue weighted by Crippen LogP contribution is -2.57. The van der Waals surface area contributed by atoms with Crippen molar-refractivity contribution >= 4 is 5.78 Å². The van der Waals surface area contributed by atoms with Crippen LogP contribution in [0.3, 0.4) is 0 Å². The van der Waals surface area contributed by atoms with Crippen LogP contribution in [-0.4, -0.2) is 48.6 Å². The van der Waals surface area contributed by atoms with E-state index >= 15 is 0 Å². The summed E-state index contributed by atoms with van der Waals surface area (Å²) in [7, 11) is 0. The number of carbonyl (C=O) groups excluding carboxylic acids is 1. The zero-order valence-electron chi connectivity index (χ0n) is 21.6. The highest BCUT2D eigenvalue weighted by Crippen LogP contribution is 2.41. The van der Waals surface area contributed by atoms with Gasteiger partial charge in [0.15, 0.2) is 28.8 Å². The second-order valence-electron chi connectivity index (χ2n) is 10.5. The number of phenolic OH excluding ortho intramolecular Hbond substituents is 2. The first-order chi connectivity index (χ1) is 18.0. The second-order valence-corrected chi connectivity index (χ2v) is 10.5. The van der Waals surface area contributed by atoms with Gasteiger partial charge >= 0.3 is 0 Å². The number of hydrogen-bond donors (Lipinski definition) is 4. The molecule has 4 rings (SSSR count). The van der Waals surface area contributed by atoms with Crippen molar-refractivity contribution in [1.82, 2.24) is 0 Å². The van der Waals surface area contributed by atoms with Gasteiger partial charge in [-0.2, -0.15) is 0 Å². The molecule has 2 aliphatic rings. The van der Waals surface area contributed by atoms with E-state index in [4.69, 9.17) is 9.47 Å². The lowest BCUT2D eigenvalue weighted by atomic mass is 9.73. The van der Waals surface area contributed by atoms with Crippen LogP contribution in [-0.2, 0) is 4.79 Å². The molecular formula is C31H34O7. The Morgan fingerprint density at radius 2 is 1.13 bits per heavy atom. The van der Waals surface area contributed by atoms with Crippen molar-refractivity contribution < 1.29 is 34.7 Å². The highest BCUT2D eigenvalue weighted by Gasteiger charge is 2.51. The molecule has 0 radical (unpaired) electrons. The maximum absolute atomic E-state index is 13.8.